The van der Waals surface area contributed by atoms with Crippen molar-refractivity contribution in [3.63, 3.8) is 0 Å². The number of nitrogens with zero attached hydrogens (tertiary/aromatic N) is 1. The van der Waals surface area contributed by atoms with Gasteiger partial charge in [0.2, 0.25) is 5.91 Å². The Morgan fingerprint density at radius 2 is 2.11 bits per heavy atom. The lowest BCUT2D eigenvalue weighted by Gasteiger charge is -2.25. The third-order valence-electron chi connectivity index (χ3n) is 3.54. The van der Waals surface area contributed by atoms with Crippen molar-refractivity contribution >= 4 is 5.91 Å². The minimum absolute atomic E-state index is 0.00251. The van der Waals surface area contributed by atoms with Gasteiger partial charge in [-0.2, -0.15) is 0 Å². The normalized spacial score (nSPS) is 18.5. The number of carbonyl (C=O) groups excluding carboxylic acids is 1. The summed E-state index contributed by atoms with van der Waals surface area (Å²) in [5, 5.41) is 0. The van der Waals surface area contributed by atoms with Crippen molar-refractivity contribution in [1.29, 1.82) is 0 Å². The van der Waals surface area contributed by atoms with Crippen LogP contribution in [0.2, 0.25) is 0 Å². The van der Waals surface area contributed by atoms with Gasteiger partial charge in [-0.15, -0.1) is 0 Å². The zero-order valence-corrected chi connectivity index (χ0v) is 11.4. The number of carbonyl (C=O) groups is 1. The Hall–Kier alpha value is -1.75. The summed E-state index contributed by atoms with van der Waals surface area (Å²) in [4.78, 5) is 13.7. The zero-order valence-electron chi connectivity index (χ0n) is 11.4. The van der Waals surface area contributed by atoms with Crippen molar-refractivity contribution in [2.45, 2.75) is 18.9 Å². The van der Waals surface area contributed by atoms with Gasteiger partial charge >= 0.3 is 0 Å². The van der Waals surface area contributed by atoms with E-state index in [-0.39, 0.29) is 18.5 Å². The maximum atomic E-state index is 11.8. The highest BCUT2D eigenvalue weighted by Gasteiger charge is 2.29. The van der Waals surface area contributed by atoms with Crippen LogP contribution in [0.4, 0.5) is 0 Å². The molecule has 2 N–H and O–H groups in total. The van der Waals surface area contributed by atoms with Gasteiger partial charge in [-0.05, 0) is 30.5 Å². The molecule has 1 aliphatic rings. The van der Waals surface area contributed by atoms with Crippen molar-refractivity contribution in [3.8, 4) is 11.5 Å². The van der Waals surface area contributed by atoms with E-state index in [0.29, 0.717) is 11.5 Å². The number of hydrogen-bond donors (Lipinski definition) is 1. The Bertz CT molecular complexity index is 462. The molecule has 0 radical (unpaired) electrons. The van der Waals surface area contributed by atoms with Crippen LogP contribution in [0.1, 0.15) is 24.4 Å². The van der Waals surface area contributed by atoms with E-state index < -0.39 is 0 Å². The van der Waals surface area contributed by atoms with Crippen LogP contribution in [0.5, 0.6) is 11.5 Å². The van der Waals surface area contributed by atoms with Crippen LogP contribution in [0.3, 0.4) is 0 Å². The molecule has 1 amide bonds. The van der Waals surface area contributed by atoms with E-state index in [0.717, 1.165) is 24.9 Å². The molecule has 1 atom stereocenters. The quantitative estimate of drug-likeness (QED) is 0.891. The van der Waals surface area contributed by atoms with Gasteiger partial charge in [0.25, 0.3) is 0 Å². The highest BCUT2D eigenvalue weighted by atomic mass is 16.5. The number of hydrogen-bond acceptors (Lipinski definition) is 4. The molecule has 1 aromatic carbocycles. The molecule has 0 aromatic heterocycles. The monoisotopic (exact) mass is 264 g/mol. The largest absolute Gasteiger partial charge is 0.493 e. The molecule has 1 aromatic rings. The summed E-state index contributed by atoms with van der Waals surface area (Å²) in [6, 6.07) is 5.88. The lowest BCUT2D eigenvalue weighted by Crippen LogP contribution is -2.35. The van der Waals surface area contributed by atoms with E-state index in [1.165, 1.54) is 0 Å². The fourth-order valence-corrected chi connectivity index (χ4v) is 2.59. The molecule has 1 unspecified atom stereocenters. The first-order chi connectivity index (χ1) is 9.21. The molecule has 5 heteroatoms. The second kappa shape index (κ2) is 5.93. The maximum absolute atomic E-state index is 11.8. The number of nitrogens with two attached hydrogens (primary N) is 1. The molecule has 5 nitrogen and oxygen atoms in total. The van der Waals surface area contributed by atoms with E-state index in [2.05, 4.69) is 0 Å². The predicted molar refractivity (Wildman–Crippen MR) is 72.3 cm³/mol. The molecular formula is C14H20N2O3. The van der Waals surface area contributed by atoms with Gasteiger partial charge in [0.1, 0.15) is 0 Å². The molecule has 104 valence electrons. The van der Waals surface area contributed by atoms with Crippen molar-refractivity contribution in [2.75, 3.05) is 27.3 Å². The average molecular weight is 264 g/mol. The molecule has 1 heterocycles. The fourth-order valence-electron chi connectivity index (χ4n) is 2.59. The summed E-state index contributed by atoms with van der Waals surface area (Å²) in [5.41, 5.74) is 6.52. The van der Waals surface area contributed by atoms with Crippen molar-refractivity contribution in [2.24, 2.45) is 5.73 Å². The maximum Gasteiger partial charge on any atom is 0.236 e. The molecule has 0 aliphatic carbocycles. The molecule has 0 spiro atoms. The van der Waals surface area contributed by atoms with Gasteiger partial charge in [-0.1, -0.05) is 6.07 Å². The molecule has 1 fully saturated rings. The van der Waals surface area contributed by atoms with Crippen LogP contribution in [0.25, 0.3) is 0 Å². The number of methoxy groups -OCH3 is 2. The van der Waals surface area contributed by atoms with Crippen LogP contribution in [0.15, 0.2) is 18.2 Å². The highest BCUT2D eigenvalue weighted by Crippen LogP contribution is 2.36. The first-order valence-corrected chi connectivity index (χ1v) is 6.42. The summed E-state index contributed by atoms with van der Waals surface area (Å²) in [5.74, 6) is 1.38. The highest BCUT2D eigenvalue weighted by molar-refractivity contribution is 5.78. The third kappa shape index (κ3) is 2.66. The van der Waals surface area contributed by atoms with E-state index in [1.54, 1.807) is 14.2 Å². The van der Waals surface area contributed by atoms with Crippen molar-refractivity contribution in [3.05, 3.63) is 23.8 Å². The van der Waals surface area contributed by atoms with E-state index >= 15 is 0 Å². The van der Waals surface area contributed by atoms with Crippen LogP contribution >= 0.6 is 0 Å². The van der Waals surface area contributed by atoms with Crippen LogP contribution in [-0.2, 0) is 4.79 Å². The Balaban J connectivity index is 2.28. The molecule has 19 heavy (non-hydrogen) atoms. The summed E-state index contributed by atoms with van der Waals surface area (Å²) >= 11 is 0. The smallest absolute Gasteiger partial charge is 0.236 e. The molecular weight excluding hydrogens is 244 g/mol. The number of amides is 1. The van der Waals surface area contributed by atoms with Crippen molar-refractivity contribution < 1.29 is 14.3 Å². The standard InChI is InChI=1S/C14H20N2O3/c1-18-12-6-5-10(8-13(12)19-2)11-4-3-7-16(11)14(17)9-15/h5-6,8,11H,3-4,7,9,15H2,1-2H3. The molecule has 1 saturated heterocycles. The minimum Gasteiger partial charge on any atom is -0.493 e. The van der Waals surface area contributed by atoms with E-state index in [1.807, 2.05) is 23.1 Å². The summed E-state index contributed by atoms with van der Waals surface area (Å²) in [6.45, 7) is 0.832. The van der Waals surface area contributed by atoms with Crippen LogP contribution < -0.4 is 15.2 Å². The van der Waals surface area contributed by atoms with Crippen LogP contribution in [0, 0.1) is 0 Å². The number of benzene rings is 1. The molecule has 0 bridgehead atoms. The van der Waals surface area contributed by atoms with Gasteiger partial charge in [0, 0.05) is 6.54 Å². The summed E-state index contributed by atoms with van der Waals surface area (Å²) in [6.07, 6.45) is 1.96. The second-order valence-corrected chi connectivity index (χ2v) is 4.56. The predicted octanol–water partition coefficient (Wildman–Crippen LogP) is 1.33. The first kappa shape index (κ1) is 13.7. The fraction of sp³-hybridized carbons (Fsp3) is 0.500. The van der Waals surface area contributed by atoms with Gasteiger partial charge in [-0.3, -0.25) is 4.79 Å². The third-order valence-corrected chi connectivity index (χ3v) is 3.54. The van der Waals surface area contributed by atoms with E-state index in [9.17, 15) is 4.79 Å². The lowest BCUT2D eigenvalue weighted by molar-refractivity contribution is -0.130. The van der Waals surface area contributed by atoms with Crippen LogP contribution in [-0.4, -0.2) is 38.1 Å². The Morgan fingerprint density at radius 1 is 1.37 bits per heavy atom. The number of ether oxygens (including phenoxy) is 2. The minimum atomic E-state index is -0.00251. The van der Waals surface area contributed by atoms with Gasteiger partial charge in [0.05, 0.1) is 26.8 Å². The molecule has 0 saturated carbocycles. The number of rotatable bonds is 4. The number of likely N-dealkylation sites (tertiary alicyclic amines) is 1. The summed E-state index contributed by atoms with van der Waals surface area (Å²) < 4.78 is 10.5. The van der Waals surface area contributed by atoms with Gasteiger partial charge < -0.3 is 20.1 Å². The van der Waals surface area contributed by atoms with E-state index in [4.69, 9.17) is 15.2 Å². The Labute approximate surface area is 113 Å². The first-order valence-electron chi connectivity index (χ1n) is 6.42. The zero-order chi connectivity index (χ0) is 13.8. The molecule has 2 rings (SSSR count). The summed E-state index contributed by atoms with van der Waals surface area (Å²) in [7, 11) is 3.22. The van der Waals surface area contributed by atoms with Gasteiger partial charge in [-0.25, -0.2) is 0 Å². The Kier molecular flexibility index (Phi) is 4.27. The topological polar surface area (TPSA) is 64.8 Å². The molecule has 1 aliphatic heterocycles. The van der Waals surface area contributed by atoms with Crippen molar-refractivity contribution in [1.82, 2.24) is 4.90 Å². The van der Waals surface area contributed by atoms with Gasteiger partial charge in [0.15, 0.2) is 11.5 Å². The average Bonchev–Trinajstić information content (AvgIpc) is 2.95. The Morgan fingerprint density at radius 3 is 2.74 bits per heavy atom. The lowest BCUT2D eigenvalue weighted by atomic mass is 10.0. The SMILES string of the molecule is COc1ccc(C2CCCN2C(=O)CN)cc1OC. The second-order valence-electron chi connectivity index (χ2n) is 4.56.